The molecule has 0 fully saturated rings. The van der Waals surface area contributed by atoms with Gasteiger partial charge in [-0.3, -0.25) is 10.1 Å². The molecule has 1 aliphatic carbocycles. The highest BCUT2D eigenvalue weighted by Gasteiger charge is 2.29. The molecule has 0 aromatic heterocycles. The maximum absolute atomic E-state index is 12.6. The number of hydrogen-bond acceptors (Lipinski definition) is 5. The molecule has 3 aromatic carbocycles. The van der Waals surface area contributed by atoms with E-state index in [9.17, 15) is 19.5 Å². The molecule has 1 aliphatic rings. The van der Waals surface area contributed by atoms with E-state index in [1.54, 1.807) is 25.1 Å². The number of nitrogens with one attached hydrogen (secondary N) is 2. The number of benzene rings is 3. The van der Waals surface area contributed by atoms with Crippen molar-refractivity contribution in [1.29, 1.82) is 0 Å². The van der Waals surface area contributed by atoms with Gasteiger partial charge in [0.25, 0.3) is 5.91 Å². The Morgan fingerprint density at radius 2 is 1.59 bits per heavy atom. The molecule has 4 rings (SSSR count). The minimum absolute atomic E-state index is 0.101. The predicted molar refractivity (Wildman–Crippen MR) is 126 cm³/mol. The summed E-state index contributed by atoms with van der Waals surface area (Å²) in [6, 6.07) is 20.9. The van der Waals surface area contributed by atoms with Gasteiger partial charge in [-0.05, 0) is 41.3 Å². The Morgan fingerprint density at radius 1 is 0.971 bits per heavy atom. The maximum atomic E-state index is 12.6. The second-order valence-electron chi connectivity index (χ2n) is 8.06. The molecule has 3 aromatic rings. The second-order valence-corrected chi connectivity index (χ2v) is 8.06. The lowest BCUT2D eigenvalue weighted by Gasteiger charge is -2.16. The van der Waals surface area contributed by atoms with Crippen molar-refractivity contribution in [1.82, 2.24) is 5.32 Å². The largest absolute Gasteiger partial charge is 0.479 e. The van der Waals surface area contributed by atoms with Crippen LogP contribution in [-0.2, 0) is 9.53 Å². The number of hydrogen-bond donors (Lipinski definition) is 4. The summed E-state index contributed by atoms with van der Waals surface area (Å²) in [5, 5.41) is 23.1. The zero-order valence-electron chi connectivity index (χ0n) is 18.4. The highest BCUT2D eigenvalue weighted by atomic mass is 16.5. The Kier molecular flexibility index (Phi) is 6.60. The lowest BCUT2D eigenvalue weighted by molar-refractivity contribution is -0.146. The van der Waals surface area contributed by atoms with Gasteiger partial charge in [0, 0.05) is 5.92 Å². The van der Waals surface area contributed by atoms with Gasteiger partial charge in [0.05, 0.1) is 17.8 Å². The number of carboxylic acids is 1. The first kappa shape index (κ1) is 23.0. The van der Waals surface area contributed by atoms with Crippen LogP contribution in [0, 0.1) is 6.92 Å². The monoisotopic (exact) mass is 460 g/mol. The van der Waals surface area contributed by atoms with Crippen LogP contribution in [0.25, 0.3) is 11.1 Å². The number of aliphatic carboxylic acids is 1. The van der Waals surface area contributed by atoms with Gasteiger partial charge in [0.2, 0.25) is 0 Å². The quantitative estimate of drug-likeness (QED) is 0.428. The summed E-state index contributed by atoms with van der Waals surface area (Å²) in [6.45, 7) is 1.44. The number of aryl methyl sites for hydroxylation is 1. The molecule has 174 valence electrons. The van der Waals surface area contributed by atoms with Gasteiger partial charge in [-0.25, -0.2) is 9.59 Å². The second kappa shape index (κ2) is 9.76. The molecule has 1 unspecified atom stereocenters. The highest BCUT2D eigenvalue weighted by molar-refractivity contribution is 6.03. The van der Waals surface area contributed by atoms with Crippen LogP contribution in [0.2, 0.25) is 0 Å². The third kappa shape index (κ3) is 4.77. The van der Waals surface area contributed by atoms with Gasteiger partial charge >= 0.3 is 12.1 Å². The molecule has 2 amide bonds. The number of carbonyl (C=O) groups is 3. The van der Waals surface area contributed by atoms with Crippen LogP contribution >= 0.6 is 0 Å². The number of anilines is 1. The molecule has 34 heavy (non-hydrogen) atoms. The minimum atomic E-state index is -1.73. The fraction of sp³-hybridized carbons (Fsp3) is 0.192. The van der Waals surface area contributed by atoms with Gasteiger partial charge in [0.15, 0.2) is 6.10 Å². The van der Waals surface area contributed by atoms with Crippen LogP contribution in [0.4, 0.5) is 10.5 Å². The maximum Gasteiger partial charge on any atom is 0.411 e. The molecule has 0 bridgehead atoms. The first-order valence-corrected chi connectivity index (χ1v) is 10.8. The Bertz CT molecular complexity index is 1210. The summed E-state index contributed by atoms with van der Waals surface area (Å²) in [4.78, 5) is 36.0. The van der Waals surface area contributed by atoms with E-state index in [0.717, 1.165) is 27.8 Å². The van der Waals surface area contributed by atoms with Crippen molar-refractivity contribution < 1.29 is 29.3 Å². The third-order valence-electron chi connectivity index (χ3n) is 5.74. The van der Waals surface area contributed by atoms with Crippen molar-refractivity contribution in [2.75, 3.05) is 18.5 Å². The number of aliphatic hydroxyl groups excluding tert-OH is 1. The average molecular weight is 460 g/mol. The fourth-order valence-electron chi connectivity index (χ4n) is 4.07. The molecule has 8 nitrogen and oxygen atoms in total. The van der Waals surface area contributed by atoms with Crippen LogP contribution < -0.4 is 10.6 Å². The number of amides is 2. The zero-order valence-corrected chi connectivity index (χ0v) is 18.4. The number of aliphatic hydroxyl groups is 1. The Labute approximate surface area is 196 Å². The number of carboxylic acid groups (broad SMARTS) is 1. The third-order valence-corrected chi connectivity index (χ3v) is 5.74. The molecule has 0 saturated heterocycles. The smallest absolute Gasteiger partial charge is 0.411 e. The molecular weight excluding hydrogens is 436 g/mol. The molecule has 4 N–H and O–H groups in total. The van der Waals surface area contributed by atoms with Crippen LogP contribution in [-0.4, -0.2) is 47.4 Å². The van der Waals surface area contributed by atoms with Gasteiger partial charge in [-0.2, -0.15) is 0 Å². The van der Waals surface area contributed by atoms with E-state index in [1.807, 2.05) is 48.5 Å². The minimum Gasteiger partial charge on any atom is -0.479 e. The van der Waals surface area contributed by atoms with Crippen molar-refractivity contribution in [2.45, 2.75) is 18.9 Å². The van der Waals surface area contributed by atoms with Crippen LogP contribution in [0.1, 0.15) is 33.0 Å². The fourth-order valence-corrected chi connectivity index (χ4v) is 4.07. The summed E-state index contributed by atoms with van der Waals surface area (Å²) in [5.74, 6) is -2.17. The summed E-state index contributed by atoms with van der Waals surface area (Å²) < 4.78 is 5.54. The molecule has 1 atom stereocenters. The molecule has 0 heterocycles. The van der Waals surface area contributed by atoms with Crippen molar-refractivity contribution >= 4 is 23.7 Å². The van der Waals surface area contributed by atoms with E-state index in [4.69, 9.17) is 9.84 Å². The molecule has 0 radical (unpaired) electrons. The molecule has 0 aliphatic heterocycles. The Balaban J connectivity index is 1.45. The first-order chi connectivity index (χ1) is 16.3. The van der Waals surface area contributed by atoms with Crippen molar-refractivity contribution in [3.8, 4) is 11.1 Å². The Morgan fingerprint density at radius 3 is 2.21 bits per heavy atom. The van der Waals surface area contributed by atoms with E-state index in [0.29, 0.717) is 0 Å². The van der Waals surface area contributed by atoms with Crippen LogP contribution in [0.15, 0.2) is 66.7 Å². The average Bonchev–Trinajstić information content (AvgIpc) is 3.15. The number of carbonyl (C=O) groups excluding carboxylic acids is 2. The van der Waals surface area contributed by atoms with Crippen LogP contribution in [0.3, 0.4) is 0 Å². The van der Waals surface area contributed by atoms with E-state index >= 15 is 0 Å². The summed E-state index contributed by atoms with van der Waals surface area (Å²) in [7, 11) is 0. The number of rotatable bonds is 7. The standard InChI is InChI=1S/C26H24N2O6/c1-15-10-11-22(20(12-15)24(30)27-13-23(29)25(31)32)28-26(33)34-14-21-18-8-4-2-6-16(18)17-7-3-5-9-19(17)21/h2-12,21,23,29H,13-14H2,1H3,(H,27,30)(H,28,33)(H,31,32). The number of ether oxygens (including phenoxy) is 1. The van der Waals surface area contributed by atoms with E-state index in [1.165, 1.54) is 0 Å². The van der Waals surface area contributed by atoms with Gasteiger partial charge in [-0.15, -0.1) is 0 Å². The van der Waals surface area contributed by atoms with Gasteiger partial charge in [-0.1, -0.05) is 60.2 Å². The molecule has 0 saturated carbocycles. The summed E-state index contributed by atoms with van der Waals surface area (Å²) in [6.07, 6.45) is -2.45. The van der Waals surface area contributed by atoms with E-state index < -0.39 is 30.6 Å². The normalized spacial score (nSPS) is 12.9. The van der Waals surface area contributed by atoms with Crippen molar-refractivity contribution in [3.63, 3.8) is 0 Å². The van der Waals surface area contributed by atoms with E-state index in [2.05, 4.69) is 10.6 Å². The lowest BCUT2D eigenvalue weighted by Crippen LogP contribution is -2.36. The highest BCUT2D eigenvalue weighted by Crippen LogP contribution is 2.44. The van der Waals surface area contributed by atoms with E-state index in [-0.39, 0.29) is 23.8 Å². The molecule has 0 spiro atoms. The lowest BCUT2D eigenvalue weighted by atomic mass is 9.98. The molecular formula is C26H24N2O6. The van der Waals surface area contributed by atoms with Crippen LogP contribution in [0.5, 0.6) is 0 Å². The summed E-state index contributed by atoms with van der Waals surface area (Å²) in [5.41, 5.74) is 5.52. The van der Waals surface area contributed by atoms with Crippen molar-refractivity contribution in [2.24, 2.45) is 0 Å². The SMILES string of the molecule is Cc1ccc(NC(=O)OCC2c3ccccc3-c3ccccc32)c(C(=O)NCC(O)C(=O)O)c1. The first-order valence-electron chi connectivity index (χ1n) is 10.8. The predicted octanol–water partition coefficient (Wildman–Crippen LogP) is 3.53. The Hall–Kier alpha value is -4.17. The number of fused-ring (bicyclic) bond motifs is 3. The van der Waals surface area contributed by atoms with Crippen molar-refractivity contribution in [3.05, 3.63) is 89.0 Å². The molecule has 8 heteroatoms. The zero-order chi connectivity index (χ0) is 24.2. The topological polar surface area (TPSA) is 125 Å². The van der Waals surface area contributed by atoms with Gasteiger partial charge < -0.3 is 20.3 Å². The summed E-state index contributed by atoms with van der Waals surface area (Å²) >= 11 is 0. The van der Waals surface area contributed by atoms with Gasteiger partial charge in [0.1, 0.15) is 6.61 Å².